The maximum absolute atomic E-state index is 12.2. The SMILES string of the molecule is COc1cccc(CNc2ccc(SC(F)(F)F)cc2)c1. The summed E-state index contributed by atoms with van der Waals surface area (Å²) in [7, 11) is 1.60. The van der Waals surface area contributed by atoms with Crippen molar-refractivity contribution in [3.05, 3.63) is 54.1 Å². The molecule has 0 bridgehead atoms. The van der Waals surface area contributed by atoms with Crippen molar-refractivity contribution >= 4 is 17.4 Å². The van der Waals surface area contributed by atoms with Crippen LogP contribution in [0.5, 0.6) is 5.75 Å². The third kappa shape index (κ3) is 5.23. The first-order chi connectivity index (χ1) is 9.96. The van der Waals surface area contributed by atoms with E-state index in [9.17, 15) is 13.2 Å². The summed E-state index contributed by atoms with van der Waals surface area (Å²) in [6.07, 6.45) is 0. The first-order valence-electron chi connectivity index (χ1n) is 6.19. The van der Waals surface area contributed by atoms with E-state index in [0.717, 1.165) is 17.0 Å². The van der Waals surface area contributed by atoms with Gasteiger partial charge in [0.05, 0.1) is 7.11 Å². The molecule has 0 unspecified atom stereocenters. The molecule has 0 aliphatic heterocycles. The molecular formula is C15H14F3NOS. The average Bonchev–Trinajstić information content (AvgIpc) is 2.45. The number of ether oxygens (including phenoxy) is 1. The van der Waals surface area contributed by atoms with Crippen LogP contribution in [0, 0.1) is 0 Å². The molecule has 2 aromatic rings. The number of halogens is 3. The highest BCUT2D eigenvalue weighted by molar-refractivity contribution is 8.00. The van der Waals surface area contributed by atoms with Gasteiger partial charge in [-0.05, 0) is 53.7 Å². The zero-order valence-corrected chi connectivity index (χ0v) is 12.1. The Labute approximate surface area is 125 Å². The Bertz CT molecular complexity index is 584. The van der Waals surface area contributed by atoms with E-state index in [1.54, 1.807) is 19.2 Å². The highest BCUT2D eigenvalue weighted by Crippen LogP contribution is 2.37. The topological polar surface area (TPSA) is 21.3 Å². The van der Waals surface area contributed by atoms with Crippen LogP contribution in [0.1, 0.15) is 5.56 Å². The number of benzene rings is 2. The second-order valence-electron chi connectivity index (χ2n) is 4.28. The lowest BCUT2D eigenvalue weighted by Gasteiger charge is -2.09. The van der Waals surface area contributed by atoms with Crippen LogP contribution in [0.2, 0.25) is 0 Å². The van der Waals surface area contributed by atoms with Crippen molar-refractivity contribution in [3.63, 3.8) is 0 Å². The quantitative estimate of drug-likeness (QED) is 0.792. The summed E-state index contributed by atoms with van der Waals surface area (Å²) in [5.41, 5.74) is -2.46. The van der Waals surface area contributed by atoms with E-state index in [2.05, 4.69) is 5.32 Å². The van der Waals surface area contributed by atoms with Crippen molar-refractivity contribution in [1.82, 2.24) is 0 Å². The molecule has 1 N–H and O–H groups in total. The highest BCUT2D eigenvalue weighted by atomic mass is 32.2. The van der Waals surface area contributed by atoms with E-state index in [4.69, 9.17) is 4.74 Å². The van der Waals surface area contributed by atoms with Crippen molar-refractivity contribution < 1.29 is 17.9 Å². The predicted octanol–water partition coefficient (Wildman–Crippen LogP) is 4.92. The summed E-state index contributed by atoms with van der Waals surface area (Å²) in [4.78, 5) is 0.175. The van der Waals surface area contributed by atoms with Gasteiger partial charge in [-0.1, -0.05) is 12.1 Å². The van der Waals surface area contributed by atoms with Crippen molar-refractivity contribution in [2.75, 3.05) is 12.4 Å². The summed E-state index contributed by atoms with van der Waals surface area (Å²) in [5.74, 6) is 0.770. The van der Waals surface area contributed by atoms with Crippen LogP contribution in [0.3, 0.4) is 0 Å². The molecule has 0 amide bonds. The molecule has 0 radical (unpaired) electrons. The molecule has 0 atom stereocenters. The monoisotopic (exact) mass is 313 g/mol. The number of alkyl halides is 3. The Kier molecular flexibility index (Phi) is 5.01. The molecule has 21 heavy (non-hydrogen) atoms. The maximum atomic E-state index is 12.2. The zero-order valence-electron chi connectivity index (χ0n) is 11.3. The minimum Gasteiger partial charge on any atom is -0.497 e. The van der Waals surface area contributed by atoms with Gasteiger partial charge in [-0.2, -0.15) is 13.2 Å². The van der Waals surface area contributed by atoms with Gasteiger partial charge in [-0.15, -0.1) is 0 Å². The lowest BCUT2D eigenvalue weighted by atomic mass is 10.2. The minimum absolute atomic E-state index is 0.115. The summed E-state index contributed by atoms with van der Waals surface area (Å²) in [6, 6.07) is 13.8. The van der Waals surface area contributed by atoms with Crippen molar-refractivity contribution in [3.8, 4) is 5.75 Å². The van der Waals surface area contributed by atoms with Crippen molar-refractivity contribution in [1.29, 1.82) is 0 Å². The predicted molar refractivity (Wildman–Crippen MR) is 78.7 cm³/mol. The summed E-state index contributed by atoms with van der Waals surface area (Å²) in [5, 5.41) is 3.16. The number of thioether (sulfide) groups is 1. The Balaban J connectivity index is 1.94. The molecule has 0 aliphatic rings. The van der Waals surface area contributed by atoms with Crippen LogP contribution in [0.25, 0.3) is 0 Å². The standard InChI is InChI=1S/C15H14F3NOS/c1-20-13-4-2-3-11(9-13)10-19-12-5-7-14(8-6-12)21-15(16,17)18/h2-9,19H,10H2,1H3. The lowest BCUT2D eigenvalue weighted by molar-refractivity contribution is -0.0328. The van der Waals surface area contributed by atoms with Crippen molar-refractivity contribution in [2.45, 2.75) is 16.9 Å². The molecule has 0 aromatic heterocycles. The van der Waals surface area contributed by atoms with E-state index in [0.29, 0.717) is 6.54 Å². The molecule has 0 saturated heterocycles. The third-order valence-corrected chi connectivity index (χ3v) is 3.46. The second-order valence-corrected chi connectivity index (χ2v) is 5.42. The molecule has 6 heteroatoms. The maximum Gasteiger partial charge on any atom is 0.446 e. The molecule has 112 valence electrons. The van der Waals surface area contributed by atoms with Gasteiger partial charge >= 0.3 is 5.51 Å². The van der Waals surface area contributed by atoms with E-state index < -0.39 is 5.51 Å². The minimum atomic E-state index is -4.25. The first-order valence-corrected chi connectivity index (χ1v) is 7.00. The Morgan fingerprint density at radius 3 is 2.43 bits per heavy atom. The van der Waals surface area contributed by atoms with E-state index in [-0.39, 0.29) is 16.7 Å². The van der Waals surface area contributed by atoms with Gasteiger partial charge in [0.15, 0.2) is 0 Å². The number of rotatable bonds is 5. The Morgan fingerprint density at radius 2 is 1.81 bits per heavy atom. The molecule has 2 aromatic carbocycles. The van der Waals surface area contributed by atoms with Crippen LogP contribution in [-0.4, -0.2) is 12.6 Å². The van der Waals surface area contributed by atoms with Gasteiger partial charge in [0.2, 0.25) is 0 Å². The number of anilines is 1. The fourth-order valence-corrected chi connectivity index (χ4v) is 2.30. The number of nitrogens with one attached hydrogen (secondary N) is 1. The Hall–Kier alpha value is -1.82. The smallest absolute Gasteiger partial charge is 0.446 e. The zero-order chi connectivity index (χ0) is 15.3. The van der Waals surface area contributed by atoms with Crippen LogP contribution < -0.4 is 10.1 Å². The molecule has 0 aliphatic carbocycles. The van der Waals surface area contributed by atoms with Crippen LogP contribution >= 0.6 is 11.8 Å². The molecule has 0 saturated carbocycles. The summed E-state index contributed by atoms with van der Waals surface area (Å²) >= 11 is -0.115. The molecule has 0 spiro atoms. The number of hydrogen-bond donors (Lipinski definition) is 1. The van der Waals surface area contributed by atoms with E-state index in [1.807, 2.05) is 24.3 Å². The van der Waals surface area contributed by atoms with Crippen molar-refractivity contribution in [2.24, 2.45) is 0 Å². The van der Waals surface area contributed by atoms with Crippen LogP contribution in [0.4, 0.5) is 18.9 Å². The number of methoxy groups -OCH3 is 1. The fraction of sp³-hybridized carbons (Fsp3) is 0.200. The normalized spacial score (nSPS) is 11.2. The first kappa shape index (κ1) is 15.6. The van der Waals surface area contributed by atoms with Gasteiger partial charge in [0, 0.05) is 17.1 Å². The largest absolute Gasteiger partial charge is 0.497 e. The average molecular weight is 313 g/mol. The van der Waals surface area contributed by atoms with Gasteiger partial charge < -0.3 is 10.1 Å². The highest BCUT2D eigenvalue weighted by Gasteiger charge is 2.28. The van der Waals surface area contributed by atoms with Gasteiger partial charge in [0.1, 0.15) is 5.75 Å². The third-order valence-electron chi connectivity index (χ3n) is 2.72. The van der Waals surface area contributed by atoms with Crippen LogP contribution in [0.15, 0.2) is 53.4 Å². The second kappa shape index (κ2) is 6.76. The molecule has 0 fully saturated rings. The molecule has 0 heterocycles. The number of hydrogen-bond acceptors (Lipinski definition) is 3. The van der Waals surface area contributed by atoms with Gasteiger partial charge in [-0.3, -0.25) is 0 Å². The Morgan fingerprint density at radius 1 is 1.10 bits per heavy atom. The summed E-state index contributed by atoms with van der Waals surface area (Å²) in [6.45, 7) is 0.572. The van der Waals surface area contributed by atoms with Crippen LogP contribution in [-0.2, 0) is 6.54 Å². The van der Waals surface area contributed by atoms with E-state index in [1.165, 1.54) is 12.1 Å². The van der Waals surface area contributed by atoms with Gasteiger partial charge in [-0.25, -0.2) is 0 Å². The van der Waals surface area contributed by atoms with Gasteiger partial charge in [0.25, 0.3) is 0 Å². The molecular weight excluding hydrogens is 299 g/mol. The fourth-order valence-electron chi connectivity index (χ4n) is 1.76. The molecule has 2 rings (SSSR count). The summed E-state index contributed by atoms with van der Waals surface area (Å²) < 4.78 is 41.8. The van der Waals surface area contributed by atoms with E-state index >= 15 is 0 Å². The lowest BCUT2D eigenvalue weighted by Crippen LogP contribution is -2.01. The molecule has 2 nitrogen and oxygen atoms in total.